The van der Waals surface area contributed by atoms with Crippen LogP contribution in [0.5, 0.6) is 0 Å². The van der Waals surface area contributed by atoms with Gasteiger partial charge in [-0.25, -0.2) is 0 Å². The SMILES string of the molecule is Clc1ccc(Cl)c(SCCN2CCC3CCC(C2)N3)c1. The van der Waals surface area contributed by atoms with Crippen LogP contribution < -0.4 is 5.32 Å². The number of likely N-dealkylation sites (tertiary alicyclic amines) is 1. The molecule has 3 rings (SSSR count). The summed E-state index contributed by atoms with van der Waals surface area (Å²) in [7, 11) is 0. The third-order valence-electron chi connectivity index (χ3n) is 4.17. The largest absolute Gasteiger partial charge is 0.310 e. The van der Waals surface area contributed by atoms with Crippen molar-refractivity contribution in [2.45, 2.75) is 36.2 Å². The number of fused-ring (bicyclic) bond motifs is 2. The third kappa shape index (κ3) is 3.83. The molecule has 0 radical (unpaired) electrons. The maximum absolute atomic E-state index is 6.19. The van der Waals surface area contributed by atoms with E-state index in [-0.39, 0.29) is 0 Å². The molecule has 110 valence electrons. The Bertz CT molecular complexity index is 469. The standard InChI is InChI=1S/C15H20Cl2N2S/c16-11-1-4-14(17)15(9-11)20-8-7-19-6-5-12-2-3-13(10-19)18-12/h1,4,9,12-13,18H,2-3,5-8,10H2. The molecule has 20 heavy (non-hydrogen) atoms. The molecule has 2 saturated heterocycles. The Hall–Kier alpha value is 0.0700. The van der Waals surface area contributed by atoms with Crippen molar-refractivity contribution in [3.05, 3.63) is 28.2 Å². The van der Waals surface area contributed by atoms with Gasteiger partial charge in [0.15, 0.2) is 0 Å². The van der Waals surface area contributed by atoms with Crippen molar-refractivity contribution in [1.82, 2.24) is 10.2 Å². The van der Waals surface area contributed by atoms with Crippen molar-refractivity contribution in [2.75, 3.05) is 25.4 Å². The van der Waals surface area contributed by atoms with Gasteiger partial charge in [0, 0.05) is 40.8 Å². The lowest BCUT2D eigenvalue weighted by Gasteiger charge is -2.23. The first-order valence-electron chi connectivity index (χ1n) is 7.27. The van der Waals surface area contributed by atoms with Crippen molar-refractivity contribution in [2.24, 2.45) is 0 Å². The zero-order chi connectivity index (χ0) is 13.9. The van der Waals surface area contributed by atoms with Crippen molar-refractivity contribution in [3.63, 3.8) is 0 Å². The number of rotatable bonds is 4. The molecule has 2 aliphatic heterocycles. The summed E-state index contributed by atoms with van der Waals surface area (Å²) in [5.74, 6) is 1.07. The van der Waals surface area contributed by atoms with Crippen molar-refractivity contribution < 1.29 is 0 Å². The zero-order valence-electron chi connectivity index (χ0n) is 11.4. The molecule has 2 fully saturated rings. The second-order valence-electron chi connectivity index (χ2n) is 5.65. The zero-order valence-corrected chi connectivity index (χ0v) is 13.8. The normalized spacial score (nSPS) is 26.7. The van der Waals surface area contributed by atoms with Crippen molar-refractivity contribution in [3.8, 4) is 0 Å². The van der Waals surface area contributed by atoms with Crippen LogP contribution in [0, 0.1) is 0 Å². The molecule has 2 heterocycles. The van der Waals surface area contributed by atoms with Crippen LogP contribution in [0.25, 0.3) is 0 Å². The van der Waals surface area contributed by atoms with Gasteiger partial charge in [0.1, 0.15) is 0 Å². The molecule has 1 aromatic rings. The third-order valence-corrected chi connectivity index (χ3v) is 5.88. The number of benzene rings is 1. The van der Waals surface area contributed by atoms with E-state index < -0.39 is 0 Å². The summed E-state index contributed by atoms with van der Waals surface area (Å²) < 4.78 is 0. The fourth-order valence-electron chi connectivity index (χ4n) is 3.09. The van der Waals surface area contributed by atoms with Gasteiger partial charge in [0.2, 0.25) is 0 Å². The second kappa shape index (κ2) is 6.89. The van der Waals surface area contributed by atoms with E-state index >= 15 is 0 Å². The van der Waals surface area contributed by atoms with Crippen LogP contribution in [0.4, 0.5) is 0 Å². The first-order valence-corrected chi connectivity index (χ1v) is 9.01. The summed E-state index contributed by atoms with van der Waals surface area (Å²) in [6.07, 6.45) is 4.00. The Labute approximate surface area is 135 Å². The van der Waals surface area contributed by atoms with Crippen LogP contribution >= 0.6 is 35.0 Å². The molecular weight excluding hydrogens is 311 g/mol. The predicted octanol–water partition coefficient (Wildman–Crippen LogP) is 3.91. The summed E-state index contributed by atoms with van der Waals surface area (Å²) in [5, 5.41) is 5.28. The predicted molar refractivity (Wildman–Crippen MR) is 88.2 cm³/mol. The van der Waals surface area contributed by atoms with E-state index in [0.717, 1.165) is 33.3 Å². The molecule has 0 saturated carbocycles. The van der Waals surface area contributed by atoms with E-state index in [2.05, 4.69) is 10.2 Å². The van der Waals surface area contributed by atoms with Gasteiger partial charge in [0.05, 0.1) is 5.02 Å². The van der Waals surface area contributed by atoms with Crippen LogP contribution in [0.2, 0.25) is 10.0 Å². The number of halogens is 2. The molecule has 2 atom stereocenters. The van der Waals surface area contributed by atoms with E-state index in [0.29, 0.717) is 6.04 Å². The lowest BCUT2D eigenvalue weighted by Crippen LogP contribution is -2.36. The lowest BCUT2D eigenvalue weighted by atomic mass is 10.1. The molecule has 0 aliphatic carbocycles. The summed E-state index contributed by atoms with van der Waals surface area (Å²) in [4.78, 5) is 3.68. The van der Waals surface area contributed by atoms with Crippen LogP contribution in [0.3, 0.4) is 0 Å². The van der Waals surface area contributed by atoms with Gasteiger partial charge >= 0.3 is 0 Å². The van der Waals surface area contributed by atoms with E-state index in [1.165, 1.54) is 32.4 Å². The Morgan fingerprint density at radius 1 is 1.20 bits per heavy atom. The Morgan fingerprint density at radius 3 is 2.95 bits per heavy atom. The van der Waals surface area contributed by atoms with Gasteiger partial charge in [-0.15, -0.1) is 11.8 Å². The van der Waals surface area contributed by atoms with Gasteiger partial charge < -0.3 is 10.2 Å². The number of hydrogen-bond donors (Lipinski definition) is 1. The summed E-state index contributed by atoms with van der Waals surface area (Å²) in [6, 6.07) is 7.15. The first kappa shape index (κ1) is 15.0. The van der Waals surface area contributed by atoms with Gasteiger partial charge in [0.25, 0.3) is 0 Å². The molecule has 0 spiro atoms. The van der Waals surface area contributed by atoms with Gasteiger partial charge in [-0.05, 0) is 44.0 Å². The minimum Gasteiger partial charge on any atom is -0.310 e. The van der Waals surface area contributed by atoms with Crippen LogP contribution in [-0.2, 0) is 0 Å². The number of nitrogens with zero attached hydrogens (tertiary/aromatic N) is 1. The topological polar surface area (TPSA) is 15.3 Å². The van der Waals surface area contributed by atoms with E-state index in [4.69, 9.17) is 23.2 Å². The molecule has 2 unspecified atom stereocenters. The molecule has 2 aliphatic rings. The van der Waals surface area contributed by atoms with E-state index in [1.54, 1.807) is 11.8 Å². The fourth-order valence-corrected chi connectivity index (χ4v) is 4.59. The van der Waals surface area contributed by atoms with Crippen molar-refractivity contribution >= 4 is 35.0 Å². The smallest absolute Gasteiger partial charge is 0.0542 e. The molecule has 2 bridgehead atoms. The highest BCUT2D eigenvalue weighted by atomic mass is 35.5. The highest BCUT2D eigenvalue weighted by Crippen LogP contribution is 2.30. The first-order chi connectivity index (χ1) is 9.70. The van der Waals surface area contributed by atoms with Gasteiger partial charge in [-0.2, -0.15) is 0 Å². The Morgan fingerprint density at radius 2 is 2.05 bits per heavy atom. The molecule has 2 nitrogen and oxygen atoms in total. The monoisotopic (exact) mass is 330 g/mol. The maximum Gasteiger partial charge on any atom is 0.0542 e. The molecule has 5 heteroatoms. The van der Waals surface area contributed by atoms with E-state index in [9.17, 15) is 0 Å². The van der Waals surface area contributed by atoms with Gasteiger partial charge in [-0.1, -0.05) is 23.2 Å². The lowest BCUT2D eigenvalue weighted by molar-refractivity contribution is 0.274. The Kier molecular flexibility index (Phi) is 5.16. The average Bonchev–Trinajstić information content (AvgIpc) is 2.76. The summed E-state index contributed by atoms with van der Waals surface area (Å²) >= 11 is 14.0. The molecule has 1 N–H and O–H groups in total. The highest BCUT2D eigenvalue weighted by molar-refractivity contribution is 7.99. The number of thioether (sulfide) groups is 1. The van der Waals surface area contributed by atoms with Gasteiger partial charge in [-0.3, -0.25) is 0 Å². The molecule has 0 amide bonds. The van der Waals surface area contributed by atoms with Crippen LogP contribution in [-0.4, -0.2) is 42.4 Å². The van der Waals surface area contributed by atoms with E-state index in [1.807, 2.05) is 18.2 Å². The molecule has 1 aromatic carbocycles. The number of nitrogens with one attached hydrogen (secondary N) is 1. The highest BCUT2D eigenvalue weighted by Gasteiger charge is 2.28. The summed E-state index contributed by atoms with van der Waals surface area (Å²) in [6.45, 7) is 3.54. The number of hydrogen-bond acceptors (Lipinski definition) is 3. The van der Waals surface area contributed by atoms with Crippen LogP contribution in [0.1, 0.15) is 19.3 Å². The second-order valence-corrected chi connectivity index (χ2v) is 7.63. The Balaban J connectivity index is 1.48. The maximum atomic E-state index is 6.19. The van der Waals surface area contributed by atoms with Crippen molar-refractivity contribution in [1.29, 1.82) is 0 Å². The molecule has 0 aromatic heterocycles. The quantitative estimate of drug-likeness (QED) is 0.842. The average molecular weight is 331 g/mol. The minimum atomic E-state index is 0.710. The minimum absolute atomic E-state index is 0.710. The molecular formula is C15H20Cl2N2S. The van der Waals surface area contributed by atoms with Crippen LogP contribution in [0.15, 0.2) is 23.1 Å². The fraction of sp³-hybridized carbons (Fsp3) is 0.600. The summed E-state index contributed by atoms with van der Waals surface area (Å²) in [5.41, 5.74) is 0.